The van der Waals surface area contributed by atoms with Gasteiger partial charge >= 0.3 is 0 Å². The Morgan fingerprint density at radius 3 is 2.54 bits per heavy atom. The third-order valence-corrected chi connectivity index (χ3v) is 5.48. The van der Waals surface area contributed by atoms with Crippen LogP contribution in [0.25, 0.3) is 0 Å². The van der Waals surface area contributed by atoms with E-state index in [1.807, 2.05) is 32.0 Å². The molecule has 2 N–H and O–H groups in total. The zero-order valence-electron chi connectivity index (χ0n) is 14.8. The van der Waals surface area contributed by atoms with Crippen LogP contribution in [0.1, 0.15) is 21.5 Å². The maximum Gasteiger partial charge on any atom is 0.252 e. The summed E-state index contributed by atoms with van der Waals surface area (Å²) in [6.45, 7) is 4.49. The fourth-order valence-electron chi connectivity index (χ4n) is 2.35. The van der Waals surface area contributed by atoms with Gasteiger partial charge in [0.05, 0.1) is 22.0 Å². The first kappa shape index (κ1) is 20.2. The van der Waals surface area contributed by atoms with Crippen LogP contribution in [-0.4, -0.2) is 34.5 Å². The number of aryl methyl sites for hydroxylation is 2. The van der Waals surface area contributed by atoms with Crippen LogP contribution in [0.15, 0.2) is 41.3 Å². The number of rotatable bonds is 7. The Morgan fingerprint density at radius 1 is 1.15 bits per heavy atom. The molecule has 2 aromatic carbocycles. The molecule has 26 heavy (non-hydrogen) atoms. The summed E-state index contributed by atoms with van der Waals surface area (Å²) < 4.78 is 31.6. The molecular weight excluding hydrogens is 376 g/mol. The topological polar surface area (TPSA) is 84.5 Å². The third kappa shape index (κ3) is 4.97. The van der Waals surface area contributed by atoms with Gasteiger partial charge in [0, 0.05) is 0 Å². The van der Waals surface area contributed by atoms with Gasteiger partial charge in [0.15, 0.2) is 0 Å². The molecule has 0 spiro atoms. The van der Waals surface area contributed by atoms with Gasteiger partial charge in [-0.2, -0.15) is 0 Å². The Balaban J connectivity index is 1.98. The molecule has 0 saturated heterocycles. The van der Waals surface area contributed by atoms with Crippen LogP contribution in [0, 0.1) is 13.8 Å². The Hall–Kier alpha value is -2.09. The average molecular weight is 397 g/mol. The highest BCUT2D eigenvalue weighted by Crippen LogP contribution is 2.21. The molecule has 0 unspecified atom stereocenters. The molecule has 0 aliphatic rings. The largest absolute Gasteiger partial charge is 0.491 e. The number of nitrogens with one attached hydrogen (secondary N) is 2. The predicted octanol–water partition coefficient (Wildman–Crippen LogP) is 2.67. The van der Waals surface area contributed by atoms with Gasteiger partial charge in [0.25, 0.3) is 5.91 Å². The van der Waals surface area contributed by atoms with E-state index in [0.29, 0.717) is 0 Å². The zero-order chi connectivity index (χ0) is 19.3. The number of halogens is 1. The van der Waals surface area contributed by atoms with Crippen molar-refractivity contribution in [1.82, 2.24) is 10.0 Å². The molecule has 6 nitrogen and oxygen atoms in total. The molecule has 0 saturated carbocycles. The molecule has 140 valence electrons. The van der Waals surface area contributed by atoms with Gasteiger partial charge in [-0.3, -0.25) is 4.79 Å². The van der Waals surface area contributed by atoms with Crippen LogP contribution in [0.5, 0.6) is 5.75 Å². The number of hydrogen-bond acceptors (Lipinski definition) is 4. The van der Waals surface area contributed by atoms with Gasteiger partial charge in [-0.1, -0.05) is 29.3 Å². The summed E-state index contributed by atoms with van der Waals surface area (Å²) in [6.07, 6.45) is 0. The normalized spacial score (nSPS) is 11.2. The minimum absolute atomic E-state index is 0.0268. The summed E-state index contributed by atoms with van der Waals surface area (Å²) in [5, 5.41) is 2.85. The van der Waals surface area contributed by atoms with Crippen molar-refractivity contribution < 1.29 is 17.9 Å². The number of ether oxygens (including phenoxy) is 1. The number of amides is 1. The predicted molar refractivity (Wildman–Crippen MR) is 101 cm³/mol. The molecule has 2 aromatic rings. The Morgan fingerprint density at radius 2 is 1.88 bits per heavy atom. The minimum atomic E-state index is -3.65. The van der Waals surface area contributed by atoms with Crippen molar-refractivity contribution in [2.24, 2.45) is 0 Å². The van der Waals surface area contributed by atoms with Crippen molar-refractivity contribution in [3.8, 4) is 5.75 Å². The molecule has 1 amide bonds. The number of hydrogen-bond donors (Lipinski definition) is 2. The molecule has 0 bridgehead atoms. The highest BCUT2D eigenvalue weighted by Gasteiger charge is 2.17. The monoisotopic (exact) mass is 396 g/mol. The van der Waals surface area contributed by atoms with E-state index in [1.165, 1.54) is 25.2 Å². The first-order valence-electron chi connectivity index (χ1n) is 7.96. The first-order chi connectivity index (χ1) is 12.2. The summed E-state index contributed by atoms with van der Waals surface area (Å²) in [6, 6.07) is 9.82. The van der Waals surface area contributed by atoms with Crippen LogP contribution >= 0.6 is 11.6 Å². The fourth-order valence-corrected chi connectivity index (χ4v) is 3.30. The van der Waals surface area contributed by atoms with Crippen LogP contribution in [0.2, 0.25) is 5.02 Å². The lowest BCUT2D eigenvalue weighted by Crippen LogP contribution is -2.29. The molecule has 0 atom stereocenters. The SMILES string of the molecule is CNS(=O)(=O)c1ccc(Cl)c(C(=O)NCCOc2ccc(C)cc2C)c1. The van der Waals surface area contributed by atoms with Crippen molar-refractivity contribution in [2.75, 3.05) is 20.2 Å². The Labute approximate surface area is 158 Å². The van der Waals surface area contributed by atoms with Crippen LogP contribution < -0.4 is 14.8 Å². The van der Waals surface area contributed by atoms with Crippen molar-refractivity contribution in [1.29, 1.82) is 0 Å². The molecule has 0 heterocycles. The lowest BCUT2D eigenvalue weighted by Gasteiger charge is -2.11. The van der Waals surface area contributed by atoms with Crippen molar-refractivity contribution in [2.45, 2.75) is 18.7 Å². The van der Waals surface area contributed by atoms with Crippen LogP contribution in [0.4, 0.5) is 0 Å². The minimum Gasteiger partial charge on any atom is -0.491 e. The second-order valence-electron chi connectivity index (χ2n) is 5.72. The van der Waals surface area contributed by atoms with E-state index in [-0.39, 0.29) is 28.6 Å². The van der Waals surface area contributed by atoms with Crippen LogP contribution in [-0.2, 0) is 10.0 Å². The van der Waals surface area contributed by atoms with E-state index < -0.39 is 15.9 Å². The number of carbonyl (C=O) groups is 1. The molecular formula is C18H21ClN2O4S. The Kier molecular flexibility index (Phi) is 6.63. The van der Waals surface area contributed by atoms with Crippen LogP contribution in [0.3, 0.4) is 0 Å². The van der Waals surface area contributed by atoms with Crippen molar-refractivity contribution >= 4 is 27.5 Å². The summed E-state index contributed by atoms with van der Waals surface area (Å²) in [5.74, 6) is 0.289. The molecule has 0 aromatic heterocycles. The number of carbonyl (C=O) groups excluding carboxylic acids is 1. The maximum absolute atomic E-state index is 12.3. The molecule has 0 aliphatic carbocycles. The van der Waals surface area contributed by atoms with Gasteiger partial charge < -0.3 is 10.1 Å². The number of sulfonamides is 1. The molecule has 0 aliphatic heterocycles. The fraction of sp³-hybridized carbons (Fsp3) is 0.278. The van der Waals surface area contributed by atoms with Crippen molar-refractivity contribution in [3.63, 3.8) is 0 Å². The first-order valence-corrected chi connectivity index (χ1v) is 9.82. The highest BCUT2D eigenvalue weighted by atomic mass is 35.5. The third-order valence-electron chi connectivity index (χ3n) is 3.74. The van der Waals surface area contributed by atoms with Gasteiger partial charge in [-0.25, -0.2) is 13.1 Å². The summed E-state index contributed by atoms with van der Waals surface area (Å²) in [7, 11) is -2.35. The van der Waals surface area contributed by atoms with Gasteiger partial charge in [-0.15, -0.1) is 0 Å². The second kappa shape index (κ2) is 8.53. The van der Waals surface area contributed by atoms with E-state index in [9.17, 15) is 13.2 Å². The number of benzene rings is 2. The van der Waals surface area contributed by atoms with E-state index in [2.05, 4.69) is 10.0 Å². The second-order valence-corrected chi connectivity index (χ2v) is 8.02. The van der Waals surface area contributed by atoms with Gasteiger partial charge in [0.2, 0.25) is 10.0 Å². The van der Waals surface area contributed by atoms with E-state index in [0.717, 1.165) is 16.9 Å². The summed E-state index contributed by atoms with van der Waals surface area (Å²) in [5.41, 5.74) is 2.26. The van der Waals surface area contributed by atoms with E-state index >= 15 is 0 Å². The van der Waals surface area contributed by atoms with Gasteiger partial charge in [-0.05, 0) is 50.7 Å². The molecule has 0 fully saturated rings. The molecule has 2 rings (SSSR count). The molecule has 8 heteroatoms. The summed E-state index contributed by atoms with van der Waals surface area (Å²) >= 11 is 6.02. The average Bonchev–Trinajstić information content (AvgIpc) is 2.60. The smallest absolute Gasteiger partial charge is 0.252 e. The van der Waals surface area contributed by atoms with E-state index in [4.69, 9.17) is 16.3 Å². The lowest BCUT2D eigenvalue weighted by atomic mass is 10.1. The standard InChI is InChI=1S/C18H21ClN2O4S/c1-12-4-7-17(13(2)10-12)25-9-8-21-18(22)15-11-14(5-6-16(15)19)26(23,24)20-3/h4-7,10-11,20H,8-9H2,1-3H3,(H,21,22). The zero-order valence-corrected chi connectivity index (χ0v) is 16.4. The maximum atomic E-state index is 12.3. The molecule has 0 radical (unpaired) electrons. The summed E-state index contributed by atoms with van der Waals surface area (Å²) in [4.78, 5) is 12.3. The van der Waals surface area contributed by atoms with Gasteiger partial charge in [0.1, 0.15) is 12.4 Å². The lowest BCUT2D eigenvalue weighted by molar-refractivity contribution is 0.0947. The van der Waals surface area contributed by atoms with Crippen molar-refractivity contribution in [3.05, 3.63) is 58.1 Å². The Bertz CT molecular complexity index is 913. The highest BCUT2D eigenvalue weighted by molar-refractivity contribution is 7.89. The quantitative estimate of drug-likeness (QED) is 0.704. The van der Waals surface area contributed by atoms with E-state index in [1.54, 1.807) is 0 Å².